The molecule has 0 radical (unpaired) electrons. The van der Waals surface area contributed by atoms with Gasteiger partial charge in [-0.05, 0) is 50.6 Å². The smallest absolute Gasteiger partial charge is 0.119 e. The van der Waals surface area contributed by atoms with Crippen molar-refractivity contribution < 1.29 is 4.74 Å². The van der Waals surface area contributed by atoms with Gasteiger partial charge in [-0.1, -0.05) is 24.1 Å². The van der Waals surface area contributed by atoms with Crippen molar-refractivity contribution in [3.63, 3.8) is 0 Å². The molecule has 2 nitrogen and oxygen atoms in total. The molecule has 1 aromatic carbocycles. The molecule has 3 heteroatoms. The summed E-state index contributed by atoms with van der Waals surface area (Å²) in [7, 11) is 0. The second-order valence-electron chi connectivity index (χ2n) is 4.58. The standard InChI is InChI=1S/C15H22ClNO/c1-4-9-17-14(10-12(2)3)11-18-15-7-5-13(16)6-8-15/h5-8,14,17H,2,4,9-11H2,1,3H3. The van der Waals surface area contributed by atoms with E-state index in [1.807, 2.05) is 31.2 Å². The van der Waals surface area contributed by atoms with E-state index in [9.17, 15) is 0 Å². The van der Waals surface area contributed by atoms with Gasteiger partial charge in [-0.15, -0.1) is 6.58 Å². The zero-order valence-electron chi connectivity index (χ0n) is 11.2. The number of ether oxygens (including phenoxy) is 1. The van der Waals surface area contributed by atoms with E-state index in [-0.39, 0.29) is 0 Å². The van der Waals surface area contributed by atoms with Gasteiger partial charge in [0.25, 0.3) is 0 Å². The van der Waals surface area contributed by atoms with Crippen molar-refractivity contribution in [2.75, 3.05) is 13.2 Å². The summed E-state index contributed by atoms with van der Waals surface area (Å²) in [6.45, 7) is 9.81. The van der Waals surface area contributed by atoms with Gasteiger partial charge >= 0.3 is 0 Å². The van der Waals surface area contributed by atoms with Crippen LogP contribution in [0.25, 0.3) is 0 Å². The van der Waals surface area contributed by atoms with Crippen molar-refractivity contribution in [3.05, 3.63) is 41.4 Å². The van der Waals surface area contributed by atoms with Crippen LogP contribution in [0.1, 0.15) is 26.7 Å². The van der Waals surface area contributed by atoms with Gasteiger partial charge in [0.15, 0.2) is 0 Å². The second-order valence-corrected chi connectivity index (χ2v) is 5.01. The lowest BCUT2D eigenvalue weighted by Crippen LogP contribution is -2.35. The largest absolute Gasteiger partial charge is 0.492 e. The zero-order valence-corrected chi connectivity index (χ0v) is 12.0. The Labute approximate surface area is 115 Å². The first-order valence-electron chi connectivity index (χ1n) is 6.38. The van der Waals surface area contributed by atoms with Gasteiger partial charge in [0.05, 0.1) is 0 Å². The Hall–Kier alpha value is -0.990. The van der Waals surface area contributed by atoms with Gasteiger partial charge in [-0.25, -0.2) is 0 Å². The van der Waals surface area contributed by atoms with Crippen molar-refractivity contribution >= 4 is 11.6 Å². The highest BCUT2D eigenvalue weighted by molar-refractivity contribution is 6.30. The Bertz CT molecular complexity index is 361. The van der Waals surface area contributed by atoms with Crippen molar-refractivity contribution in [1.29, 1.82) is 0 Å². The lowest BCUT2D eigenvalue weighted by Gasteiger charge is -2.19. The van der Waals surface area contributed by atoms with Crippen molar-refractivity contribution in [1.82, 2.24) is 5.32 Å². The molecule has 0 saturated carbocycles. The summed E-state index contributed by atoms with van der Waals surface area (Å²) < 4.78 is 5.76. The van der Waals surface area contributed by atoms with Gasteiger partial charge in [-0.2, -0.15) is 0 Å². The lowest BCUT2D eigenvalue weighted by molar-refractivity contribution is 0.263. The predicted molar refractivity (Wildman–Crippen MR) is 78.5 cm³/mol. The highest BCUT2D eigenvalue weighted by Gasteiger charge is 2.08. The average molecular weight is 268 g/mol. The first-order valence-corrected chi connectivity index (χ1v) is 6.75. The van der Waals surface area contributed by atoms with E-state index in [1.54, 1.807) is 0 Å². The number of hydrogen-bond acceptors (Lipinski definition) is 2. The van der Waals surface area contributed by atoms with Crippen LogP contribution in [0.15, 0.2) is 36.4 Å². The van der Waals surface area contributed by atoms with Crippen LogP contribution in [0.2, 0.25) is 5.02 Å². The molecule has 0 spiro atoms. The molecular weight excluding hydrogens is 246 g/mol. The topological polar surface area (TPSA) is 21.3 Å². The Morgan fingerprint density at radius 2 is 2.06 bits per heavy atom. The zero-order chi connectivity index (χ0) is 13.4. The van der Waals surface area contributed by atoms with Crippen LogP contribution in [0.4, 0.5) is 0 Å². The van der Waals surface area contributed by atoms with Crippen LogP contribution in [-0.4, -0.2) is 19.2 Å². The molecule has 0 aromatic heterocycles. The molecule has 0 aliphatic rings. The van der Waals surface area contributed by atoms with Crippen molar-refractivity contribution in [2.24, 2.45) is 0 Å². The minimum Gasteiger partial charge on any atom is -0.492 e. The van der Waals surface area contributed by atoms with E-state index in [0.29, 0.717) is 12.6 Å². The quantitative estimate of drug-likeness (QED) is 0.718. The highest BCUT2D eigenvalue weighted by atomic mass is 35.5. The third-order valence-corrected chi connectivity index (χ3v) is 2.79. The fraction of sp³-hybridized carbons (Fsp3) is 0.467. The number of benzene rings is 1. The molecule has 0 saturated heterocycles. The molecule has 1 aromatic rings. The summed E-state index contributed by atoms with van der Waals surface area (Å²) >= 11 is 5.83. The normalized spacial score (nSPS) is 12.2. The summed E-state index contributed by atoms with van der Waals surface area (Å²) in [6.07, 6.45) is 2.06. The van der Waals surface area contributed by atoms with Crippen LogP contribution >= 0.6 is 11.6 Å². The number of rotatable bonds is 8. The third kappa shape index (κ3) is 6.08. The van der Waals surface area contributed by atoms with Gasteiger partial charge in [-0.3, -0.25) is 0 Å². The number of hydrogen-bond donors (Lipinski definition) is 1. The first-order chi connectivity index (χ1) is 8.61. The molecule has 0 amide bonds. The minimum atomic E-state index is 0.318. The van der Waals surface area contributed by atoms with E-state index >= 15 is 0 Å². The van der Waals surface area contributed by atoms with E-state index in [0.717, 1.165) is 30.2 Å². The van der Waals surface area contributed by atoms with E-state index < -0.39 is 0 Å². The fourth-order valence-electron chi connectivity index (χ4n) is 1.69. The molecule has 0 aliphatic carbocycles. The summed E-state index contributed by atoms with van der Waals surface area (Å²) in [5.41, 5.74) is 1.17. The molecule has 1 unspecified atom stereocenters. The average Bonchev–Trinajstić information content (AvgIpc) is 2.34. The van der Waals surface area contributed by atoms with Crippen LogP contribution in [-0.2, 0) is 0 Å². The Balaban J connectivity index is 2.44. The Morgan fingerprint density at radius 1 is 1.39 bits per heavy atom. The maximum atomic E-state index is 5.83. The third-order valence-electron chi connectivity index (χ3n) is 2.54. The lowest BCUT2D eigenvalue weighted by atomic mass is 10.1. The maximum Gasteiger partial charge on any atom is 0.119 e. The Morgan fingerprint density at radius 3 is 2.61 bits per heavy atom. The van der Waals surface area contributed by atoms with Gasteiger partial charge < -0.3 is 10.1 Å². The van der Waals surface area contributed by atoms with Crippen LogP contribution in [0, 0.1) is 0 Å². The summed E-state index contributed by atoms with van der Waals surface area (Å²) in [5.74, 6) is 0.851. The molecule has 0 fully saturated rings. The fourth-order valence-corrected chi connectivity index (χ4v) is 1.81. The van der Waals surface area contributed by atoms with Crippen LogP contribution in [0.3, 0.4) is 0 Å². The molecule has 0 aliphatic heterocycles. The molecule has 1 N–H and O–H groups in total. The maximum absolute atomic E-state index is 5.83. The highest BCUT2D eigenvalue weighted by Crippen LogP contribution is 2.16. The predicted octanol–water partition coefficient (Wildman–Crippen LogP) is 4.05. The van der Waals surface area contributed by atoms with Crippen LogP contribution < -0.4 is 10.1 Å². The Kier molecular flexibility index (Phi) is 6.84. The molecule has 18 heavy (non-hydrogen) atoms. The van der Waals surface area contributed by atoms with E-state index in [4.69, 9.17) is 16.3 Å². The first kappa shape index (κ1) is 15.1. The van der Waals surface area contributed by atoms with Crippen molar-refractivity contribution in [2.45, 2.75) is 32.7 Å². The summed E-state index contributed by atoms with van der Waals surface area (Å²) in [5, 5.41) is 4.20. The summed E-state index contributed by atoms with van der Waals surface area (Å²) in [4.78, 5) is 0. The summed E-state index contributed by atoms with van der Waals surface area (Å²) in [6, 6.07) is 7.77. The van der Waals surface area contributed by atoms with Gasteiger partial charge in [0.1, 0.15) is 12.4 Å². The van der Waals surface area contributed by atoms with Gasteiger partial charge in [0, 0.05) is 11.1 Å². The van der Waals surface area contributed by atoms with E-state index in [1.165, 1.54) is 5.57 Å². The number of nitrogens with one attached hydrogen (secondary N) is 1. The molecular formula is C15H22ClNO. The van der Waals surface area contributed by atoms with Crippen LogP contribution in [0.5, 0.6) is 5.75 Å². The van der Waals surface area contributed by atoms with Crippen molar-refractivity contribution in [3.8, 4) is 5.75 Å². The molecule has 0 heterocycles. The molecule has 1 atom stereocenters. The monoisotopic (exact) mass is 267 g/mol. The molecule has 1 rings (SSSR count). The SMILES string of the molecule is C=C(C)CC(COc1ccc(Cl)cc1)NCCC. The second kappa shape index (κ2) is 8.17. The molecule has 0 bridgehead atoms. The minimum absolute atomic E-state index is 0.318. The molecule has 100 valence electrons. The number of halogens is 1. The van der Waals surface area contributed by atoms with E-state index in [2.05, 4.69) is 18.8 Å². The van der Waals surface area contributed by atoms with Gasteiger partial charge in [0.2, 0.25) is 0 Å².